The maximum absolute atomic E-state index is 13.0. The molecule has 1 N–H and O–H groups in total. The Morgan fingerprint density at radius 1 is 1.38 bits per heavy atom. The van der Waals surface area contributed by atoms with Gasteiger partial charge in [-0.2, -0.15) is 0 Å². The average Bonchev–Trinajstić information content (AvgIpc) is 2.20. The predicted octanol–water partition coefficient (Wildman–Crippen LogP) is 2.46. The summed E-state index contributed by atoms with van der Waals surface area (Å²) >= 11 is 3.12. The molecule has 0 atom stereocenters. The summed E-state index contributed by atoms with van der Waals surface area (Å²) in [7, 11) is 0. The third-order valence-corrected chi connectivity index (χ3v) is 2.18. The zero-order chi connectivity index (χ0) is 11.5. The predicted molar refractivity (Wildman–Crippen MR) is 59.0 cm³/mol. The maximum atomic E-state index is 13.0. The van der Waals surface area contributed by atoms with Gasteiger partial charge in [-0.25, -0.2) is 9.37 Å². The van der Waals surface area contributed by atoms with E-state index in [9.17, 15) is 9.18 Å². The molecule has 0 aliphatic rings. The third-order valence-electron chi connectivity index (χ3n) is 1.73. The largest absolute Gasteiger partial charge is 0.435 e. The number of H-pyrrole nitrogens is 1. The Hall–Kier alpha value is -1.69. The van der Waals surface area contributed by atoms with Crippen LogP contribution in [0.3, 0.4) is 0 Å². The average molecular weight is 285 g/mol. The standard InChI is InChI=1S/C10H6BrFN2O2/c11-6-3-7(12)5-8(4-6)16-10-9(15)13-1-2-14-10/h1-5H,(H,13,15). The van der Waals surface area contributed by atoms with E-state index < -0.39 is 11.4 Å². The van der Waals surface area contributed by atoms with Gasteiger partial charge in [-0.05, 0) is 12.1 Å². The van der Waals surface area contributed by atoms with Gasteiger partial charge in [0, 0.05) is 22.9 Å². The van der Waals surface area contributed by atoms with E-state index in [1.54, 1.807) is 0 Å². The second-order valence-corrected chi connectivity index (χ2v) is 3.85. The van der Waals surface area contributed by atoms with E-state index in [2.05, 4.69) is 25.9 Å². The molecule has 0 unspecified atom stereocenters. The van der Waals surface area contributed by atoms with Crippen LogP contribution in [-0.2, 0) is 0 Å². The van der Waals surface area contributed by atoms with Crippen LogP contribution in [0.2, 0.25) is 0 Å². The van der Waals surface area contributed by atoms with E-state index in [0.29, 0.717) is 4.47 Å². The van der Waals surface area contributed by atoms with Crippen LogP contribution >= 0.6 is 15.9 Å². The number of hydrogen-bond acceptors (Lipinski definition) is 3. The number of halogens is 2. The zero-order valence-corrected chi connectivity index (χ0v) is 9.49. The first-order chi connectivity index (χ1) is 7.65. The minimum Gasteiger partial charge on any atom is -0.435 e. The van der Waals surface area contributed by atoms with Crippen LogP contribution in [0.4, 0.5) is 4.39 Å². The lowest BCUT2D eigenvalue weighted by Crippen LogP contribution is -2.09. The lowest BCUT2D eigenvalue weighted by Gasteiger charge is -2.03. The zero-order valence-electron chi connectivity index (χ0n) is 7.91. The van der Waals surface area contributed by atoms with Gasteiger partial charge in [0.1, 0.15) is 11.6 Å². The molecule has 0 bridgehead atoms. The number of nitrogens with one attached hydrogen (secondary N) is 1. The molecule has 6 heteroatoms. The third kappa shape index (κ3) is 2.46. The summed E-state index contributed by atoms with van der Waals surface area (Å²) in [5.41, 5.74) is -0.470. The van der Waals surface area contributed by atoms with E-state index in [0.717, 1.165) is 0 Å². The highest BCUT2D eigenvalue weighted by Gasteiger charge is 2.05. The van der Waals surface area contributed by atoms with Gasteiger partial charge in [0.05, 0.1) is 0 Å². The summed E-state index contributed by atoms with van der Waals surface area (Å²) in [5.74, 6) is -0.382. The summed E-state index contributed by atoms with van der Waals surface area (Å²) in [6.45, 7) is 0. The summed E-state index contributed by atoms with van der Waals surface area (Å²) in [4.78, 5) is 17.4. The summed E-state index contributed by atoms with van der Waals surface area (Å²) in [6.07, 6.45) is 2.77. The number of aromatic amines is 1. The van der Waals surface area contributed by atoms with Crippen molar-refractivity contribution < 1.29 is 9.13 Å². The normalized spacial score (nSPS) is 10.1. The first-order valence-electron chi connectivity index (χ1n) is 4.33. The molecule has 2 aromatic rings. The molecule has 0 aliphatic heterocycles. The van der Waals surface area contributed by atoms with E-state index in [-0.39, 0.29) is 11.6 Å². The number of nitrogens with zero attached hydrogens (tertiary/aromatic N) is 1. The lowest BCUT2D eigenvalue weighted by molar-refractivity contribution is 0.449. The molecule has 0 aliphatic carbocycles. The fraction of sp³-hybridized carbons (Fsp3) is 0. The van der Waals surface area contributed by atoms with E-state index in [1.807, 2.05) is 0 Å². The number of ether oxygens (including phenoxy) is 1. The van der Waals surface area contributed by atoms with Gasteiger partial charge >= 0.3 is 5.56 Å². The molecular weight excluding hydrogens is 279 g/mol. The Bertz CT molecular complexity index is 550. The lowest BCUT2D eigenvalue weighted by atomic mass is 10.3. The van der Waals surface area contributed by atoms with E-state index in [1.165, 1.54) is 30.6 Å². The van der Waals surface area contributed by atoms with Crippen LogP contribution in [-0.4, -0.2) is 9.97 Å². The van der Waals surface area contributed by atoms with Crippen molar-refractivity contribution in [2.24, 2.45) is 0 Å². The summed E-state index contributed by atoms with van der Waals surface area (Å²) in [5, 5.41) is 0. The first kappa shape index (κ1) is 10.8. The van der Waals surface area contributed by atoms with Crippen LogP contribution in [0.25, 0.3) is 0 Å². The number of rotatable bonds is 2. The van der Waals surface area contributed by atoms with Gasteiger partial charge in [0.2, 0.25) is 0 Å². The summed E-state index contributed by atoms with van der Waals surface area (Å²) < 4.78 is 18.7. The highest BCUT2D eigenvalue weighted by Crippen LogP contribution is 2.23. The summed E-state index contributed by atoms with van der Waals surface area (Å²) in [6, 6.07) is 3.99. The van der Waals surface area contributed by atoms with Gasteiger partial charge in [-0.15, -0.1) is 0 Å². The molecule has 2 rings (SSSR count). The smallest absolute Gasteiger partial charge is 0.311 e. The van der Waals surface area contributed by atoms with Crippen molar-refractivity contribution in [3.63, 3.8) is 0 Å². The second-order valence-electron chi connectivity index (χ2n) is 2.93. The molecule has 0 saturated heterocycles. The maximum Gasteiger partial charge on any atom is 0.311 e. The van der Waals surface area contributed by atoms with E-state index >= 15 is 0 Å². The van der Waals surface area contributed by atoms with Crippen molar-refractivity contribution in [1.82, 2.24) is 9.97 Å². The number of aromatic nitrogens is 2. The van der Waals surface area contributed by atoms with Crippen LogP contribution in [0.1, 0.15) is 0 Å². The van der Waals surface area contributed by atoms with Gasteiger partial charge in [0.15, 0.2) is 0 Å². The molecule has 0 fully saturated rings. The van der Waals surface area contributed by atoms with Gasteiger partial charge in [0.25, 0.3) is 5.88 Å². The van der Waals surface area contributed by atoms with Crippen molar-refractivity contribution in [2.75, 3.05) is 0 Å². The monoisotopic (exact) mass is 284 g/mol. The van der Waals surface area contributed by atoms with Crippen LogP contribution in [0.5, 0.6) is 11.6 Å². The van der Waals surface area contributed by atoms with Crippen molar-refractivity contribution >= 4 is 15.9 Å². The number of hydrogen-bond donors (Lipinski definition) is 1. The van der Waals surface area contributed by atoms with Crippen molar-refractivity contribution in [3.8, 4) is 11.6 Å². The minimum atomic E-state index is -0.470. The Kier molecular flexibility index (Phi) is 3.00. The molecule has 4 nitrogen and oxygen atoms in total. The van der Waals surface area contributed by atoms with Crippen LogP contribution in [0.15, 0.2) is 39.9 Å². The molecule has 82 valence electrons. The quantitative estimate of drug-likeness (QED) is 0.922. The molecular formula is C10H6BrFN2O2. The molecule has 0 radical (unpaired) electrons. The highest BCUT2D eigenvalue weighted by atomic mass is 79.9. The van der Waals surface area contributed by atoms with Crippen LogP contribution in [0, 0.1) is 5.82 Å². The highest BCUT2D eigenvalue weighted by molar-refractivity contribution is 9.10. The molecule has 1 heterocycles. The Balaban J connectivity index is 2.34. The van der Waals surface area contributed by atoms with E-state index in [4.69, 9.17) is 4.74 Å². The molecule has 1 aromatic carbocycles. The van der Waals surface area contributed by atoms with Crippen molar-refractivity contribution in [1.29, 1.82) is 0 Å². The fourth-order valence-electron chi connectivity index (χ4n) is 1.11. The molecule has 0 saturated carbocycles. The van der Waals surface area contributed by atoms with Crippen molar-refractivity contribution in [3.05, 3.63) is 51.2 Å². The first-order valence-corrected chi connectivity index (χ1v) is 5.12. The van der Waals surface area contributed by atoms with Crippen LogP contribution < -0.4 is 10.3 Å². The Labute approximate surface area is 98.2 Å². The second kappa shape index (κ2) is 4.44. The molecule has 16 heavy (non-hydrogen) atoms. The van der Waals surface area contributed by atoms with Gasteiger partial charge in [-0.1, -0.05) is 15.9 Å². The molecule has 0 amide bonds. The Morgan fingerprint density at radius 2 is 2.19 bits per heavy atom. The number of benzene rings is 1. The SMILES string of the molecule is O=c1[nH]ccnc1Oc1cc(F)cc(Br)c1. The topological polar surface area (TPSA) is 55.0 Å². The molecule has 0 spiro atoms. The fourth-order valence-corrected chi connectivity index (χ4v) is 1.55. The van der Waals surface area contributed by atoms with Gasteiger partial charge in [-0.3, -0.25) is 4.79 Å². The molecule has 1 aromatic heterocycles. The Morgan fingerprint density at radius 3 is 2.88 bits per heavy atom. The van der Waals surface area contributed by atoms with Crippen molar-refractivity contribution in [2.45, 2.75) is 0 Å². The minimum absolute atomic E-state index is 0.125. The van der Waals surface area contributed by atoms with Gasteiger partial charge < -0.3 is 9.72 Å².